The van der Waals surface area contributed by atoms with Crippen LogP contribution in [0.4, 0.5) is 0 Å². The van der Waals surface area contributed by atoms with Gasteiger partial charge in [-0.2, -0.15) is 0 Å². The van der Waals surface area contributed by atoms with Gasteiger partial charge in [0.1, 0.15) is 5.75 Å². The Morgan fingerprint density at radius 1 is 1.27 bits per heavy atom. The molecule has 1 saturated heterocycles. The number of rotatable bonds is 6. The summed E-state index contributed by atoms with van der Waals surface area (Å²) in [4.78, 5) is 16.5. The van der Waals surface area contributed by atoms with Gasteiger partial charge in [0, 0.05) is 32.7 Å². The molecule has 1 amide bonds. The third-order valence-corrected chi connectivity index (χ3v) is 4.00. The van der Waals surface area contributed by atoms with Gasteiger partial charge in [-0.15, -0.1) is 6.58 Å². The predicted molar refractivity (Wildman–Crippen MR) is 89.2 cm³/mol. The average Bonchev–Trinajstić information content (AvgIpc) is 2.54. The third kappa shape index (κ3) is 4.34. The molecule has 0 N–H and O–H groups in total. The van der Waals surface area contributed by atoms with Crippen LogP contribution >= 0.6 is 0 Å². The summed E-state index contributed by atoms with van der Waals surface area (Å²) in [5.74, 6) is 1.27. The van der Waals surface area contributed by atoms with Crippen molar-refractivity contribution in [2.75, 3.05) is 39.3 Å². The van der Waals surface area contributed by atoms with E-state index < -0.39 is 0 Å². The van der Waals surface area contributed by atoms with Gasteiger partial charge >= 0.3 is 0 Å². The molecule has 0 aliphatic carbocycles. The number of carbonyl (C=O) groups excluding carboxylic acids is 1. The minimum atomic E-state index is 0.0665. The highest BCUT2D eigenvalue weighted by Gasteiger charge is 2.21. The Labute approximate surface area is 133 Å². The van der Waals surface area contributed by atoms with E-state index in [-0.39, 0.29) is 12.5 Å². The fourth-order valence-electron chi connectivity index (χ4n) is 2.68. The first-order valence-electron chi connectivity index (χ1n) is 7.94. The molecule has 1 heterocycles. The lowest BCUT2D eigenvalue weighted by atomic mass is 10.0. The standard InChI is InChI=1S/C18H26N2O2/c1-4-9-19-10-12-20(13-11-19)18(21)14-22-17-8-6-5-7-16(17)15(2)3/h4-8,15H,1,9-14H2,2-3H3. The molecule has 1 aromatic rings. The molecule has 2 rings (SSSR count). The first-order valence-corrected chi connectivity index (χ1v) is 7.94. The number of benzene rings is 1. The molecule has 0 aromatic heterocycles. The topological polar surface area (TPSA) is 32.8 Å². The summed E-state index contributed by atoms with van der Waals surface area (Å²) < 4.78 is 5.77. The van der Waals surface area contributed by atoms with Crippen molar-refractivity contribution >= 4 is 5.91 Å². The highest BCUT2D eigenvalue weighted by molar-refractivity contribution is 5.78. The molecule has 0 radical (unpaired) electrons. The Morgan fingerprint density at radius 3 is 2.59 bits per heavy atom. The smallest absolute Gasteiger partial charge is 0.260 e. The average molecular weight is 302 g/mol. The van der Waals surface area contributed by atoms with Gasteiger partial charge in [0.2, 0.25) is 0 Å². The van der Waals surface area contributed by atoms with Gasteiger partial charge in [-0.05, 0) is 17.5 Å². The van der Waals surface area contributed by atoms with E-state index in [4.69, 9.17) is 4.74 Å². The van der Waals surface area contributed by atoms with E-state index in [1.54, 1.807) is 0 Å². The van der Waals surface area contributed by atoms with Crippen molar-refractivity contribution in [2.45, 2.75) is 19.8 Å². The van der Waals surface area contributed by atoms with Crippen LogP contribution in [0.3, 0.4) is 0 Å². The summed E-state index contributed by atoms with van der Waals surface area (Å²) in [6.07, 6.45) is 1.91. The van der Waals surface area contributed by atoms with Crippen LogP contribution in [-0.4, -0.2) is 55.0 Å². The maximum Gasteiger partial charge on any atom is 0.260 e. The van der Waals surface area contributed by atoms with Crippen molar-refractivity contribution in [3.05, 3.63) is 42.5 Å². The second-order valence-electron chi connectivity index (χ2n) is 5.95. The van der Waals surface area contributed by atoms with E-state index >= 15 is 0 Å². The number of hydrogen-bond donors (Lipinski definition) is 0. The highest BCUT2D eigenvalue weighted by atomic mass is 16.5. The summed E-state index contributed by atoms with van der Waals surface area (Å²) in [6, 6.07) is 7.94. The number of amides is 1. The molecular weight excluding hydrogens is 276 g/mol. The van der Waals surface area contributed by atoms with Gasteiger partial charge in [-0.1, -0.05) is 38.1 Å². The van der Waals surface area contributed by atoms with Crippen LogP contribution in [0.5, 0.6) is 5.75 Å². The number of carbonyl (C=O) groups is 1. The van der Waals surface area contributed by atoms with Crippen LogP contribution in [0.2, 0.25) is 0 Å². The Bertz CT molecular complexity index is 506. The van der Waals surface area contributed by atoms with Crippen LogP contribution in [0.15, 0.2) is 36.9 Å². The van der Waals surface area contributed by atoms with Gasteiger partial charge in [0.05, 0.1) is 0 Å². The van der Waals surface area contributed by atoms with E-state index in [9.17, 15) is 4.79 Å². The first kappa shape index (κ1) is 16.6. The second-order valence-corrected chi connectivity index (χ2v) is 5.95. The van der Waals surface area contributed by atoms with Crippen molar-refractivity contribution in [1.82, 2.24) is 9.80 Å². The lowest BCUT2D eigenvalue weighted by Gasteiger charge is -2.34. The van der Waals surface area contributed by atoms with Crippen molar-refractivity contribution in [2.24, 2.45) is 0 Å². The lowest BCUT2D eigenvalue weighted by molar-refractivity contribution is -0.135. The van der Waals surface area contributed by atoms with E-state index in [2.05, 4.69) is 31.4 Å². The van der Waals surface area contributed by atoms with Crippen molar-refractivity contribution in [3.63, 3.8) is 0 Å². The summed E-state index contributed by atoms with van der Waals surface area (Å²) >= 11 is 0. The van der Waals surface area contributed by atoms with E-state index in [1.165, 1.54) is 0 Å². The Kier molecular flexibility index (Phi) is 6.01. The molecule has 120 valence electrons. The molecule has 4 nitrogen and oxygen atoms in total. The third-order valence-electron chi connectivity index (χ3n) is 4.00. The summed E-state index contributed by atoms with van der Waals surface area (Å²) in [5.41, 5.74) is 1.14. The molecule has 0 unspecified atom stereocenters. The SMILES string of the molecule is C=CCN1CCN(C(=O)COc2ccccc2C(C)C)CC1. The van der Waals surface area contributed by atoms with E-state index in [0.29, 0.717) is 5.92 Å². The zero-order valence-electron chi connectivity index (χ0n) is 13.6. The fourth-order valence-corrected chi connectivity index (χ4v) is 2.68. The molecular formula is C18H26N2O2. The number of para-hydroxylation sites is 1. The zero-order valence-corrected chi connectivity index (χ0v) is 13.6. The predicted octanol–water partition coefficient (Wildman–Crippen LogP) is 2.52. The van der Waals surface area contributed by atoms with Gasteiger partial charge in [0.15, 0.2) is 6.61 Å². The first-order chi connectivity index (χ1) is 10.6. The number of ether oxygens (including phenoxy) is 1. The Balaban J connectivity index is 1.85. The quantitative estimate of drug-likeness (QED) is 0.757. The minimum Gasteiger partial charge on any atom is -0.483 e. The zero-order chi connectivity index (χ0) is 15.9. The molecule has 0 saturated carbocycles. The van der Waals surface area contributed by atoms with E-state index in [1.807, 2.05) is 29.2 Å². The molecule has 4 heteroatoms. The number of piperazine rings is 1. The molecule has 1 aliphatic heterocycles. The van der Waals surface area contributed by atoms with Crippen LogP contribution in [0.25, 0.3) is 0 Å². The number of nitrogens with zero attached hydrogens (tertiary/aromatic N) is 2. The maximum absolute atomic E-state index is 12.3. The molecule has 22 heavy (non-hydrogen) atoms. The fraction of sp³-hybridized carbons (Fsp3) is 0.500. The van der Waals surface area contributed by atoms with Gasteiger partial charge < -0.3 is 9.64 Å². The molecule has 0 bridgehead atoms. The number of hydrogen-bond acceptors (Lipinski definition) is 3. The second kappa shape index (κ2) is 7.99. The summed E-state index contributed by atoms with van der Waals surface area (Å²) in [6.45, 7) is 12.4. The minimum absolute atomic E-state index is 0.0665. The molecule has 0 spiro atoms. The van der Waals surface area contributed by atoms with Crippen LogP contribution in [0, 0.1) is 0 Å². The van der Waals surface area contributed by atoms with Gasteiger partial charge in [-0.3, -0.25) is 9.69 Å². The highest BCUT2D eigenvalue weighted by Crippen LogP contribution is 2.25. The van der Waals surface area contributed by atoms with Crippen LogP contribution in [-0.2, 0) is 4.79 Å². The van der Waals surface area contributed by atoms with Crippen molar-refractivity contribution in [3.8, 4) is 5.75 Å². The van der Waals surface area contributed by atoms with Crippen LogP contribution < -0.4 is 4.74 Å². The Hall–Kier alpha value is -1.81. The van der Waals surface area contributed by atoms with Gasteiger partial charge in [-0.25, -0.2) is 0 Å². The Morgan fingerprint density at radius 2 is 1.95 bits per heavy atom. The van der Waals surface area contributed by atoms with Crippen LogP contribution in [0.1, 0.15) is 25.3 Å². The largest absolute Gasteiger partial charge is 0.483 e. The monoisotopic (exact) mass is 302 g/mol. The van der Waals surface area contributed by atoms with Crippen molar-refractivity contribution < 1.29 is 9.53 Å². The van der Waals surface area contributed by atoms with E-state index in [0.717, 1.165) is 44.0 Å². The summed E-state index contributed by atoms with van der Waals surface area (Å²) in [5, 5.41) is 0. The molecule has 1 aliphatic rings. The lowest BCUT2D eigenvalue weighted by Crippen LogP contribution is -2.49. The molecule has 1 fully saturated rings. The summed E-state index contributed by atoms with van der Waals surface area (Å²) in [7, 11) is 0. The molecule has 1 aromatic carbocycles. The van der Waals surface area contributed by atoms with Gasteiger partial charge in [0.25, 0.3) is 5.91 Å². The maximum atomic E-state index is 12.3. The van der Waals surface area contributed by atoms with Crippen molar-refractivity contribution in [1.29, 1.82) is 0 Å². The normalized spacial score (nSPS) is 15.9. The molecule has 0 atom stereocenters.